The minimum absolute atomic E-state index is 0.418. The van der Waals surface area contributed by atoms with Crippen molar-refractivity contribution >= 4 is 12.4 Å². The summed E-state index contributed by atoms with van der Waals surface area (Å²) in [6, 6.07) is 3.66. The SMILES string of the molecule is CCCC(C)COc1ccc([B-](F)(F)F)cc1C. The highest BCUT2D eigenvalue weighted by Gasteiger charge is 2.25. The Balaban J connectivity index is 2.69. The minimum Gasteiger partial charge on any atom is -0.493 e. The van der Waals surface area contributed by atoms with Crippen molar-refractivity contribution in [2.24, 2.45) is 5.92 Å². The van der Waals surface area contributed by atoms with Crippen LogP contribution in [0.4, 0.5) is 12.9 Å². The third kappa shape index (κ3) is 4.28. The zero-order valence-corrected chi connectivity index (χ0v) is 11.1. The van der Waals surface area contributed by atoms with E-state index in [0.717, 1.165) is 25.0 Å². The van der Waals surface area contributed by atoms with E-state index in [1.807, 2.05) is 0 Å². The van der Waals surface area contributed by atoms with Crippen LogP contribution in [0.1, 0.15) is 32.3 Å². The number of hydrogen-bond donors (Lipinski definition) is 0. The number of benzene rings is 1. The van der Waals surface area contributed by atoms with Gasteiger partial charge >= 0.3 is 6.98 Å². The van der Waals surface area contributed by atoms with Gasteiger partial charge in [-0.15, -0.1) is 5.46 Å². The Morgan fingerprint density at radius 1 is 1.28 bits per heavy atom. The van der Waals surface area contributed by atoms with E-state index < -0.39 is 12.4 Å². The first kappa shape index (κ1) is 14.9. The minimum atomic E-state index is -4.93. The first-order chi connectivity index (χ1) is 8.34. The molecular weight excluding hydrogens is 240 g/mol. The Kier molecular flexibility index (Phi) is 5.11. The van der Waals surface area contributed by atoms with E-state index in [-0.39, 0.29) is 0 Å². The predicted molar refractivity (Wildman–Crippen MR) is 69.5 cm³/mol. The molecule has 0 saturated carbocycles. The fourth-order valence-corrected chi connectivity index (χ4v) is 1.85. The van der Waals surface area contributed by atoms with Gasteiger partial charge in [0.1, 0.15) is 5.75 Å². The van der Waals surface area contributed by atoms with Gasteiger partial charge < -0.3 is 17.7 Å². The summed E-state index contributed by atoms with van der Waals surface area (Å²) in [4.78, 5) is 0. The molecule has 0 spiro atoms. The molecule has 0 aromatic heterocycles. The van der Waals surface area contributed by atoms with Crippen molar-refractivity contribution < 1.29 is 17.7 Å². The summed E-state index contributed by atoms with van der Waals surface area (Å²) in [5.74, 6) is 0.961. The molecule has 0 aliphatic rings. The van der Waals surface area contributed by atoms with E-state index in [2.05, 4.69) is 13.8 Å². The number of ether oxygens (including phenoxy) is 1. The van der Waals surface area contributed by atoms with Gasteiger partial charge in [0.05, 0.1) is 6.61 Å². The van der Waals surface area contributed by atoms with Crippen LogP contribution in [0.5, 0.6) is 5.75 Å². The highest BCUT2D eigenvalue weighted by Crippen LogP contribution is 2.20. The number of halogens is 3. The average molecular weight is 259 g/mol. The maximum atomic E-state index is 12.5. The average Bonchev–Trinajstić information content (AvgIpc) is 2.26. The van der Waals surface area contributed by atoms with Gasteiger partial charge in [0, 0.05) is 0 Å². The molecule has 0 radical (unpaired) electrons. The molecule has 0 fully saturated rings. The van der Waals surface area contributed by atoms with Gasteiger partial charge in [0.2, 0.25) is 0 Å². The molecule has 18 heavy (non-hydrogen) atoms. The lowest BCUT2D eigenvalue weighted by Gasteiger charge is -2.18. The normalized spacial score (nSPS) is 13.4. The van der Waals surface area contributed by atoms with Crippen LogP contribution in [-0.4, -0.2) is 13.6 Å². The largest absolute Gasteiger partial charge is 0.509 e. The number of hydrogen-bond acceptors (Lipinski definition) is 1. The molecule has 0 bridgehead atoms. The van der Waals surface area contributed by atoms with E-state index >= 15 is 0 Å². The summed E-state index contributed by atoms with van der Waals surface area (Å²) in [6.07, 6.45) is 2.14. The van der Waals surface area contributed by atoms with Gasteiger partial charge in [0.25, 0.3) is 0 Å². The summed E-state index contributed by atoms with van der Waals surface area (Å²) >= 11 is 0. The molecule has 0 aliphatic heterocycles. The second kappa shape index (κ2) is 6.16. The van der Waals surface area contributed by atoms with E-state index in [1.54, 1.807) is 6.92 Å². The van der Waals surface area contributed by atoms with E-state index in [9.17, 15) is 12.9 Å². The van der Waals surface area contributed by atoms with Crippen molar-refractivity contribution in [3.63, 3.8) is 0 Å². The lowest BCUT2D eigenvalue weighted by Crippen LogP contribution is -2.34. The fourth-order valence-electron chi connectivity index (χ4n) is 1.85. The molecule has 0 amide bonds. The highest BCUT2D eigenvalue weighted by molar-refractivity contribution is 6.73. The van der Waals surface area contributed by atoms with Crippen LogP contribution in [0.15, 0.2) is 18.2 Å². The standard InChI is InChI=1S/C13H19BF3O/c1-4-5-10(2)9-18-13-7-6-12(8-11(13)3)14(15,16)17/h6-8,10H,4-5,9H2,1-3H3/q-1. The summed E-state index contributed by atoms with van der Waals surface area (Å²) in [5.41, 5.74) is -0.0307. The third-order valence-corrected chi connectivity index (χ3v) is 2.88. The lowest BCUT2D eigenvalue weighted by atomic mass is 9.79. The van der Waals surface area contributed by atoms with Gasteiger partial charge in [-0.3, -0.25) is 0 Å². The van der Waals surface area contributed by atoms with Crippen molar-refractivity contribution in [2.45, 2.75) is 33.6 Å². The Morgan fingerprint density at radius 2 is 1.94 bits per heavy atom. The smallest absolute Gasteiger partial charge is 0.493 e. The van der Waals surface area contributed by atoms with Gasteiger partial charge in [-0.05, 0) is 30.9 Å². The van der Waals surface area contributed by atoms with Gasteiger partial charge in [-0.2, -0.15) is 0 Å². The molecule has 1 unspecified atom stereocenters. The second-order valence-corrected chi connectivity index (χ2v) is 4.80. The number of rotatable bonds is 6. The third-order valence-electron chi connectivity index (χ3n) is 2.88. The Hall–Kier alpha value is -1.13. The Morgan fingerprint density at radius 3 is 2.44 bits per heavy atom. The van der Waals surface area contributed by atoms with Crippen molar-refractivity contribution in [2.75, 3.05) is 6.61 Å². The number of aryl methyl sites for hydroxylation is 1. The summed E-state index contributed by atoms with van der Waals surface area (Å²) in [7, 11) is 0. The van der Waals surface area contributed by atoms with Crippen molar-refractivity contribution in [1.82, 2.24) is 0 Å². The summed E-state index contributed by atoms with van der Waals surface area (Å²) in [5, 5.41) is 0. The molecule has 0 heterocycles. The van der Waals surface area contributed by atoms with Gasteiger partial charge in [-0.1, -0.05) is 32.4 Å². The molecule has 1 atom stereocenters. The van der Waals surface area contributed by atoms with Crippen molar-refractivity contribution in [3.05, 3.63) is 23.8 Å². The molecule has 5 heteroatoms. The van der Waals surface area contributed by atoms with Crippen LogP contribution in [0.3, 0.4) is 0 Å². The predicted octanol–water partition coefficient (Wildman–Crippen LogP) is 3.86. The second-order valence-electron chi connectivity index (χ2n) is 4.80. The molecule has 0 N–H and O–H groups in total. The van der Waals surface area contributed by atoms with Crippen molar-refractivity contribution in [3.8, 4) is 5.75 Å². The molecule has 0 saturated heterocycles. The maximum Gasteiger partial charge on any atom is 0.509 e. The van der Waals surface area contributed by atoms with Crippen LogP contribution in [-0.2, 0) is 0 Å². The Labute approximate surface area is 106 Å². The Bertz CT molecular complexity index is 390. The van der Waals surface area contributed by atoms with Crippen LogP contribution >= 0.6 is 0 Å². The molecular formula is C13H19BF3O-. The van der Waals surface area contributed by atoms with Gasteiger partial charge in [0.15, 0.2) is 0 Å². The topological polar surface area (TPSA) is 9.23 Å². The fraction of sp³-hybridized carbons (Fsp3) is 0.538. The highest BCUT2D eigenvalue weighted by atomic mass is 19.4. The van der Waals surface area contributed by atoms with E-state index in [0.29, 0.717) is 23.8 Å². The zero-order valence-electron chi connectivity index (χ0n) is 11.1. The maximum absolute atomic E-state index is 12.5. The first-order valence-corrected chi connectivity index (χ1v) is 6.28. The van der Waals surface area contributed by atoms with Gasteiger partial charge in [-0.25, -0.2) is 0 Å². The van der Waals surface area contributed by atoms with Crippen LogP contribution < -0.4 is 10.2 Å². The molecule has 1 nitrogen and oxygen atoms in total. The summed E-state index contributed by atoms with van der Waals surface area (Å²) < 4.78 is 43.2. The lowest BCUT2D eigenvalue weighted by molar-refractivity contribution is 0.250. The van der Waals surface area contributed by atoms with E-state index in [4.69, 9.17) is 4.74 Å². The van der Waals surface area contributed by atoms with Crippen LogP contribution in [0.2, 0.25) is 0 Å². The quantitative estimate of drug-likeness (QED) is 0.705. The first-order valence-electron chi connectivity index (χ1n) is 6.28. The molecule has 1 rings (SSSR count). The molecule has 1 aromatic carbocycles. The van der Waals surface area contributed by atoms with Crippen LogP contribution in [0, 0.1) is 12.8 Å². The van der Waals surface area contributed by atoms with Crippen LogP contribution in [0.25, 0.3) is 0 Å². The van der Waals surface area contributed by atoms with E-state index in [1.165, 1.54) is 6.07 Å². The summed E-state index contributed by atoms with van der Waals surface area (Å²) in [6.45, 7) is 1.44. The molecule has 1 aromatic rings. The molecule has 0 aliphatic carbocycles. The molecule has 102 valence electrons. The van der Waals surface area contributed by atoms with Crippen molar-refractivity contribution in [1.29, 1.82) is 0 Å². The monoisotopic (exact) mass is 259 g/mol. The zero-order chi connectivity index (χ0) is 13.8.